The molecule has 1 saturated heterocycles. The van der Waals surface area contributed by atoms with E-state index in [1.165, 1.54) is 0 Å². The van der Waals surface area contributed by atoms with E-state index in [0.29, 0.717) is 25.6 Å². The van der Waals surface area contributed by atoms with Gasteiger partial charge in [0.15, 0.2) is 0 Å². The van der Waals surface area contributed by atoms with Crippen LogP contribution in [0.3, 0.4) is 0 Å². The molecule has 5 nitrogen and oxygen atoms in total. The summed E-state index contributed by atoms with van der Waals surface area (Å²) in [6.07, 6.45) is 0. The summed E-state index contributed by atoms with van der Waals surface area (Å²) in [6, 6.07) is 17.9. The van der Waals surface area contributed by atoms with E-state index in [9.17, 15) is 4.79 Å². The van der Waals surface area contributed by atoms with E-state index >= 15 is 0 Å². The summed E-state index contributed by atoms with van der Waals surface area (Å²) in [4.78, 5) is 12.7. The van der Waals surface area contributed by atoms with Gasteiger partial charge in [-0.05, 0) is 17.5 Å². The number of rotatable bonds is 7. The zero-order chi connectivity index (χ0) is 18.4. The minimum absolute atomic E-state index is 0.0244. The van der Waals surface area contributed by atoms with Crippen molar-refractivity contribution in [3.63, 3.8) is 0 Å². The number of para-hydroxylation sites is 1. The third kappa shape index (κ3) is 4.62. The fourth-order valence-electron chi connectivity index (χ4n) is 3.08. The van der Waals surface area contributed by atoms with Crippen molar-refractivity contribution >= 4 is 5.91 Å². The Morgan fingerprint density at radius 1 is 1.15 bits per heavy atom. The number of hydrogen-bond acceptors (Lipinski definition) is 4. The van der Waals surface area contributed by atoms with Gasteiger partial charge < -0.3 is 10.1 Å². The number of carbonyl (C=O) groups excluding carboxylic acids is 1. The van der Waals surface area contributed by atoms with E-state index in [-0.39, 0.29) is 17.9 Å². The molecule has 3 rings (SSSR count). The summed E-state index contributed by atoms with van der Waals surface area (Å²) in [5, 5.41) is 3.07. The van der Waals surface area contributed by atoms with Gasteiger partial charge in [0, 0.05) is 18.7 Å². The predicted molar refractivity (Wildman–Crippen MR) is 102 cm³/mol. The monoisotopic (exact) mass is 353 g/mol. The van der Waals surface area contributed by atoms with Gasteiger partial charge in [-0.2, -0.15) is 0 Å². The lowest BCUT2D eigenvalue weighted by Gasteiger charge is -2.19. The second kappa shape index (κ2) is 8.83. The van der Waals surface area contributed by atoms with Gasteiger partial charge in [-0.25, -0.2) is 5.43 Å². The minimum Gasteiger partial charge on any atom is -0.493 e. The second-order valence-electron chi connectivity index (χ2n) is 7.05. The highest BCUT2D eigenvalue weighted by Crippen LogP contribution is 2.25. The number of benzene rings is 2. The highest BCUT2D eigenvalue weighted by molar-refractivity contribution is 5.80. The van der Waals surface area contributed by atoms with Gasteiger partial charge in [-0.15, -0.1) is 0 Å². The van der Waals surface area contributed by atoms with Gasteiger partial charge in [0.25, 0.3) is 0 Å². The molecule has 0 aromatic heterocycles. The van der Waals surface area contributed by atoms with Gasteiger partial charge in [-0.1, -0.05) is 62.4 Å². The number of nitrogens with one attached hydrogen (secondary N) is 3. The maximum atomic E-state index is 12.7. The smallest absolute Gasteiger partial charge is 0.226 e. The molecule has 2 atom stereocenters. The van der Waals surface area contributed by atoms with Crippen LogP contribution in [0.25, 0.3) is 0 Å². The third-order valence-electron chi connectivity index (χ3n) is 4.48. The lowest BCUT2D eigenvalue weighted by atomic mass is 9.94. The number of hydrazine groups is 1. The van der Waals surface area contributed by atoms with Crippen molar-refractivity contribution in [1.82, 2.24) is 16.2 Å². The van der Waals surface area contributed by atoms with Crippen molar-refractivity contribution in [3.05, 3.63) is 65.7 Å². The van der Waals surface area contributed by atoms with Crippen molar-refractivity contribution < 1.29 is 9.53 Å². The average Bonchev–Trinajstić information content (AvgIpc) is 3.15. The number of amides is 1. The Hall–Kier alpha value is -2.37. The van der Waals surface area contributed by atoms with Crippen LogP contribution < -0.4 is 20.9 Å². The summed E-state index contributed by atoms with van der Waals surface area (Å²) in [6.45, 7) is 5.97. The molecule has 1 aliphatic heterocycles. The van der Waals surface area contributed by atoms with E-state index in [4.69, 9.17) is 4.74 Å². The molecule has 2 unspecified atom stereocenters. The Balaban J connectivity index is 1.62. The van der Waals surface area contributed by atoms with E-state index < -0.39 is 0 Å². The Morgan fingerprint density at radius 2 is 1.88 bits per heavy atom. The standard InChI is InChI=1S/C21H27N3O2/c1-15(2)14-26-19-11-7-6-10-17(19)12-22-21(25)18-13-23-24-20(18)16-8-4-3-5-9-16/h3-11,15,18,20,23-24H,12-14H2,1-2H3,(H,22,25). The first kappa shape index (κ1) is 18.4. The molecule has 0 saturated carbocycles. The van der Waals surface area contributed by atoms with Gasteiger partial charge in [0.05, 0.1) is 18.6 Å². The lowest BCUT2D eigenvalue weighted by molar-refractivity contribution is -0.125. The van der Waals surface area contributed by atoms with E-state index in [0.717, 1.165) is 16.9 Å². The van der Waals surface area contributed by atoms with Crippen LogP contribution >= 0.6 is 0 Å². The third-order valence-corrected chi connectivity index (χ3v) is 4.48. The Morgan fingerprint density at radius 3 is 2.65 bits per heavy atom. The van der Waals surface area contributed by atoms with E-state index in [1.807, 2.05) is 54.6 Å². The van der Waals surface area contributed by atoms with Crippen molar-refractivity contribution in [2.45, 2.75) is 26.4 Å². The summed E-state index contributed by atoms with van der Waals surface area (Å²) in [7, 11) is 0. The molecular formula is C21H27N3O2. The Bertz CT molecular complexity index is 718. The molecule has 1 amide bonds. The molecule has 138 valence electrons. The maximum Gasteiger partial charge on any atom is 0.226 e. The SMILES string of the molecule is CC(C)COc1ccccc1CNC(=O)C1CNNC1c1ccccc1. The quantitative estimate of drug-likeness (QED) is 0.716. The largest absolute Gasteiger partial charge is 0.493 e. The first-order valence-corrected chi connectivity index (χ1v) is 9.17. The molecule has 2 aromatic rings. The van der Waals surface area contributed by atoms with Crippen LogP contribution in [0.15, 0.2) is 54.6 Å². The number of carbonyl (C=O) groups is 1. The first-order valence-electron chi connectivity index (χ1n) is 9.17. The van der Waals surface area contributed by atoms with Crippen LogP contribution in [0.4, 0.5) is 0 Å². The maximum absolute atomic E-state index is 12.7. The highest BCUT2D eigenvalue weighted by atomic mass is 16.5. The molecule has 26 heavy (non-hydrogen) atoms. The van der Waals surface area contributed by atoms with Crippen molar-refractivity contribution in [2.75, 3.05) is 13.2 Å². The molecule has 0 bridgehead atoms. The zero-order valence-electron chi connectivity index (χ0n) is 15.4. The van der Waals surface area contributed by atoms with E-state index in [1.54, 1.807) is 0 Å². The second-order valence-corrected chi connectivity index (χ2v) is 7.05. The van der Waals surface area contributed by atoms with Crippen LogP contribution in [0.5, 0.6) is 5.75 Å². The molecule has 2 aromatic carbocycles. The van der Waals surface area contributed by atoms with Crippen LogP contribution in [0.1, 0.15) is 31.0 Å². The average molecular weight is 353 g/mol. The topological polar surface area (TPSA) is 62.4 Å². The molecule has 0 spiro atoms. The van der Waals surface area contributed by atoms with Crippen LogP contribution in [0.2, 0.25) is 0 Å². The fourth-order valence-corrected chi connectivity index (χ4v) is 3.08. The van der Waals surface area contributed by atoms with Crippen molar-refractivity contribution in [2.24, 2.45) is 11.8 Å². The summed E-state index contributed by atoms with van der Waals surface area (Å²) < 4.78 is 5.87. The van der Waals surface area contributed by atoms with Gasteiger partial charge in [0.1, 0.15) is 5.75 Å². The lowest BCUT2D eigenvalue weighted by Crippen LogP contribution is -2.34. The van der Waals surface area contributed by atoms with Gasteiger partial charge >= 0.3 is 0 Å². The normalized spacial score (nSPS) is 19.5. The summed E-state index contributed by atoms with van der Waals surface area (Å²) in [5.41, 5.74) is 8.43. The molecule has 5 heteroatoms. The summed E-state index contributed by atoms with van der Waals surface area (Å²) >= 11 is 0. The molecule has 0 aliphatic carbocycles. The van der Waals surface area contributed by atoms with E-state index in [2.05, 4.69) is 30.0 Å². The zero-order valence-corrected chi connectivity index (χ0v) is 15.4. The highest BCUT2D eigenvalue weighted by Gasteiger charge is 2.33. The van der Waals surface area contributed by atoms with Crippen LogP contribution in [0, 0.1) is 11.8 Å². The molecule has 0 radical (unpaired) electrons. The van der Waals surface area contributed by atoms with Gasteiger partial charge in [-0.3, -0.25) is 10.2 Å². The molecule has 3 N–H and O–H groups in total. The van der Waals surface area contributed by atoms with Crippen molar-refractivity contribution in [3.8, 4) is 5.75 Å². The number of hydrogen-bond donors (Lipinski definition) is 3. The molecule has 1 aliphatic rings. The first-order chi connectivity index (χ1) is 12.6. The van der Waals surface area contributed by atoms with Gasteiger partial charge in [0.2, 0.25) is 5.91 Å². The van der Waals surface area contributed by atoms with Crippen LogP contribution in [-0.4, -0.2) is 19.1 Å². The van der Waals surface area contributed by atoms with Crippen LogP contribution in [-0.2, 0) is 11.3 Å². The number of ether oxygens (including phenoxy) is 1. The minimum atomic E-state index is -0.152. The van der Waals surface area contributed by atoms with Crippen molar-refractivity contribution in [1.29, 1.82) is 0 Å². The molecule has 1 fully saturated rings. The Kier molecular flexibility index (Phi) is 6.26. The fraction of sp³-hybridized carbons (Fsp3) is 0.381. The Labute approximate surface area is 155 Å². The molecular weight excluding hydrogens is 326 g/mol. The summed E-state index contributed by atoms with van der Waals surface area (Å²) in [5.74, 6) is 1.18. The molecule has 1 heterocycles. The predicted octanol–water partition coefficient (Wildman–Crippen LogP) is 2.80.